The molecule has 0 spiro atoms. The summed E-state index contributed by atoms with van der Waals surface area (Å²) in [5.41, 5.74) is 3.28. The third-order valence-corrected chi connectivity index (χ3v) is 3.42. The van der Waals surface area contributed by atoms with Crippen molar-refractivity contribution < 1.29 is 4.79 Å². The molecule has 0 saturated heterocycles. The van der Waals surface area contributed by atoms with Crippen LogP contribution < -0.4 is 5.32 Å². The van der Waals surface area contributed by atoms with E-state index < -0.39 is 0 Å². The Morgan fingerprint density at radius 3 is 2.77 bits per heavy atom. The third-order valence-electron chi connectivity index (χ3n) is 3.42. The highest BCUT2D eigenvalue weighted by Crippen LogP contribution is 2.18. The van der Waals surface area contributed by atoms with E-state index in [4.69, 9.17) is 6.57 Å². The molecule has 0 saturated carbocycles. The van der Waals surface area contributed by atoms with E-state index in [0.29, 0.717) is 29.3 Å². The molecule has 0 radical (unpaired) electrons. The third kappa shape index (κ3) is 2.54. The quantitative estimate of drug-likeness (QED) is 0.753. The molecule has 2 aromatic heterocycles. The maximum atomic E-state index is 12.5. The van der Waals surface area contributed by atoms with Gasteiger partial charge < -0.3 is 9.72 Å². The van der Waals surface area contributed by atoms with Gasteiger partial charge in [-0.05, 0) is 18.6 Å². The highest BCUT2D eigenvalue weighted by Gasteiger charge is 2.16. The normalized spacial score (nSPS) is 10.4. The Balaban J connectivity index is 1.90. The fourth-order valence-corrected chi connectivity index (χ4v) is 2.35. The smallest absolute Gasteiger partial charge is 0.270 e. The monoisotopic (exact) mass is 290 g/mol. The summed E-state index contributed by atoms with van der Waals surface area (Å²) in [7, 11) is 0. The van der Waals surface area contributed by atoms with E-state index in [1.165, 1.54) is 0 Å². The fraction of sp³-hybridized carbons (Fsp3) is 0.118. The van der Waals surface area contributed by atoms with Crippen molar-refractivity contribution in [1.82, 2.24) is 14.7 Å². The molecule has 0 bridgehead atoms. The largest absolute Gasteiger partial charge is 0.347 e. The number of carbonyl (C=O) groups is 1. The average molecular weight is 290 g/mol. The van der Waals surface area contributed by atoms with Gasteiger partial charge in [0.2, 0.25) is 5.69 Å². The van der Waals surface area contributed by atoms with Gasteiger partial charge in [0, 0.05) is 12.7 Å². The second kappa shape index (κ2) is 5.70. The van der Waals surface area contributed by atoms with Crippen LogP contribution in [-0.4, -0.2) is 15.3 Å². The Kier molecular flexibility index (Phi) is 3.58. The number of imidazole rings is 1. The molecule has 3 aromatic rings. The highest BCUT2D eigenvalue weighted by atomic mass is 16.1. The predicted molar refractivity (Wildman–Crippen MR) is 83.8 cm³/mol. The number of hydrogen-bond donors (Lipinski definition) is 1. The first-order valence-electron chi connectivity index (χ1n) is 6.87. The molecule has 0 aliphatic rings. The van der Waals surface area contributed by atoms with Crippen molar-refractivity contribution in [2.45, 2.75) is 13.5 Å². The minimum absolute atomic E-state index is 0.198. The maximum Gasteiger partial charge on any atom is 0.270 e. The fourth-order valence-electron chi connectivity index (χ4n) is 2.35. The molecule has 5 nitrogen and oxygen atoms in total. The number of amides is 1. The van der Waals surface area contributed by atoms with Crippen LogP contribution in [0.5, 0.6) is 0 Å². The van der Waals surface area contributed by atoms with Crippen LogP contribution in [0.4, 0.5) is 5.69 Å². The van der Waals surface area contributed by atoms with E-state index in [2.05, 4.69) is 15.1 Å². The van der Waals surface area contributed by atoms with Gasteiger partial charge in [-0.3, -0.25) is 4.79 Å². The van der Waals surface area contributed by atoms with Gasteiger partial charge in [-0.25, -0.2) is 9.83 Å². The maximum absolute atomic E-state index is 12.5. The van der Waals surface area contributed by atoms with E-state index in [-0.39, 0.29) is 5.91 Å². The molecular weight excluding hydrogens is 276 g/mol. The van der Waals surface area contributed by atoms with Crippen molar-refractivity contribution in [2.24, 2.45) is 0 Å². The predicted octanol–water partition coefficient (Wildman–Crippen LogP) is 3.12. The van der Waals surface area contributed by atoms with E-state index in [9.17, 15) is 4.79 Å². The van der Waals surface area contributed by atoms with Crippen LogP contribution >= 0.6 is 0 Å². The molecule has 0 fully saturated rings. The molecule has 0 aliphatic carbocycles. The van der Waals surface area contributed by atoms with Crippen LogP contribution in [0, 0.1) is 13.5 Å². The van der Waals surface area contributed by atoms with Crippen LogP contribution in [0.1, 0.15) is 21.7 Å². The Morgan fingerprint density at radius 2 is 2.05 bits per heavy atom. The van der Waals surface area contributed by atoms with E-state index >= 15 is 0 Å². The zero-order chi connectivity index (χ0) is 15.5. The standard InChI is InChI=1S/C17H14N4O/c1-12-16(17(22)19-10-13-6-4-3-5-7-13)21-11-14(18-2)8-9-15(21)20-12/h3-9,11H,10H2,1H3,(H,19,22). The van der Waals surface area contributed by atoms with Gasteiger partial charge in [0.1, 0.15) is 11.3 Å². The van der Waals surface area contributed by atoms with Crippen molar-refractivity contribution in [3.05, 3.63) is 77.0 Å². The summed E-state index contributed by atoms with van der Waals surface area (Å²) in [6.45, 7) is 9.33. The number of hydrogen-bond acceptors (Lipinski definition) is 2. The number of nitrogens with one attached hydrogen (secondary N) is 1. The second-order valence-corrected chi connectivity index (χ2v) is 4.94. The number of aryl methyl sites for hydroxylation is 1. The summed E-state index contributed by atoms with van der Waals surface area (Å²) >= 11 is 0. The Labute approximate surface area is 128 Å². The van der Waals surface area contributed by atoms with Gasteiger partial charge in [0.25, 0.3) is 5.91 Å². The number of carbonyl (C=O) groups excluding carboxylic acids is 1. The topological polar surface area (TPSA) is 50.8 Å². The summed E-state index contributed by atoms with van der Waals surface area (Å²) in [5, 5.41) is 2.89. The number of fused-ring (bicyclic) bond motifs is 1. The van der Waals surface area contributed by atoms with E-state index in [0.717, 1.165) is 5.56 Å². The Bertz CT molecular complexity index is 875. The van der Waals surface area contributed by atoms with Gasteiger partial charge in [0.05, 0.1) is 12.3 Å². The first-order valence-corrected chi connectivity index (χ1v) is 6.87. The lowest BCUT2D eigenvalue weighted by Crippen LogP contribution is -2.24. The van der Waals surface area contributed by atoms with Crippen LogP contribution in [-0.2, 0) is 6.54 Å². The van der Waals surface area contributed by atoms with E-state index in [1.54, 1.807) is 29.7 Å². The lowest BCUT2D eigenvalue weighted by atomic mass is 10.2. The molecule has 2 heterocycles. The first kappa shape index (κ1) is 13.8. The van der Waals surface area contributed by atoms with Crippen molar-refractivity contribution in [1.29, 1.82) is 0 Å². The average Bonchev–Trinajstić information content (AvgIpc) is 2.88. The molecule has 0 atom stereocenters. The molecule has 0 unspecified atom stereocenters. The lowest BCUT2D eigenvalue weighted by molar-refractivity contribution is 0.0944. The van der Waals surface area contributed by atoms with Gasteiger partial charge in [-0.1, -0.05) is 36.4 Å². The van der Waals surface area contributed by atoms with Crippen LogP contribution in [0.2, 0.25) is 0 Å². The molecule has 1 N–H and O–H groups in total. The molecule has 0 aliphatic heterocycles. The van der Waals surface area contributed by atoms with Crippen LogP contribution in [0.15, 0.2) is 48.7 Å². The Morgan fingerprint density at radius 1 is 1.27 bits per heavy atom. The SMILES string of the molecule is [C-]#[N+]c1ccc2nc(C)c(C(=O)NCc3ccccc3)n2c1. The summed E-state index contributed by atoms with van der Waals surface area (Å²) in [4.78, 5) is 20.2. The molecule has 3 rings (SSSR count). The van der Waals surface area contributed by atoms with Crippen molar-refractivity contribution >= 4 is 17.2 Å². The number of rotatable bonds is 3. The van der Waals surface area contributed by atoms with Gasteiger partial charge in [0.15, 0.2) is 0 Å². The zero-order valence-electron chi connectivity index (χ0n) is 12.1. The minimum Gasteiger partial charge on any atom is -0.347 e. The molecule has 108 valence electrons. The molecular formula is C17H14N4O. The van der Waals surface area contributed by atoms with Crippen molar-refractivity contribution in [3.8, 4) is 0 Å². The van der Waals surface area contributed by atoms with Crippen LogP contribution in [0.3, 0.4) is 0 Å². The zero-order valence-corrected chi connectivity index (χ0v) is 12.1. The number of aromatic nitrogens is 2. The summed E-state index contributed by atoms with van der Waals surface area (Å²) in [6.07, 6.45) is 1.64. The number of pyridine rings is 1. The molecule has 1 aromatic carbocycles. The summed E-state index contributed by atoms with van der Waals surface area (Å²) in [5.74, 6) is -0.198. The lowest BCUT2D eigenvalue weighted by Gasteiger charge is -2.06. The Hall–Kier alpha value is -3.13. The molecule has 5 heteroatoms. The number of benzene rings is 1. The first-order chi connectivity index (χ1) is 10.7. The minimum atomic E-state index is -0.198. The van der Waals surface area contributed by atoms with Gasteiger partial charge in [-0.2, -0.15) is 0 Å². The molecule has 22 heavy (non-hydrogen) atoms. The van der Waals surface area contributed by atoms with Gasteiger partial charge in [-0.15, -0.1) is 0 Å². The van der Waals surface area contributed by atoms with Crippen molar-refractivity contribution in [3.63, 3.8) is 0 Å². The van der Waals surface area contributed by atoms with Gasteiger partial charge >= 0.3 is 0 Å². The second-order valence-electron chi connectivity index (χ2n) is 4.94. The summed E-state index contributed by atoms with van der Waals surface area (Å²) < 4.78 is 1.67. The van der Waals surface area contributed by atoms with Crippen molar-refractivity contribution in [2.75, 3.05) is 0 Å². The van der Waals surface area contributed by atoms with Crippen LogP contribution in [0.25, 0.3) is 10.5 Å². The van der Waals surface area contributed by atoms with E-state index in [1.807, 2.05) is 30.3 Å². The highest BCUT2D eigenvalue weighted by molar-refractivity contribution is 5.94. The summed E-state index contributed by atoms with van der Waals surface area (Å²) in [6, 6.07) is 13.2. The molecule has 1 amide bonds. The number of nitrogens with zero attached hydrogens (tertiary/aromatic N) is 3.